The molecular weight excluding hydrogens is 308 g/mol. The van der Waals surface area contributed by atoms with Crippen molar-refractivity contribution < 1.29 is 49.7 Å². The van der Waals surface area contributed by atoms with Gasteiger partial charge in [0.15, 0.2) is 16.8 Å². The highest BCUT2D eigenvalue weighted by Gasteiger charge is 2.56. The lowest BCUT2D eigenvalue weighted by Crippen LogP contribution is -2.69. The zero-order chi connectivity index (χ0) is 16.4. The van der Waals surface area contributed by atoms with E-state index in [1.54, 1.807) is 0 Å². The van der Waals surface area contributed by atoms with E-state index in [4.69, 9.17) is 14.3 Å². The highest BCUT2D eigenvalue weighted by molar-refractivity contribution is 5.99. The lowest BCUT2D eigenvalue weighted by atomic mass is 9.88. The normalized spacial score (nSPS) is 41.5. The largest absolute Gasteiger partial charge is 0.394 e. The van der Waals surface area contributed by atoms with Crippen LogP contribution < -0.4 is 0 Å². The Kier molecular flexibility index (Phi) is 6.36. The van der Waals surface area contributed by atoms with Gasteiger partial charge in [0, 0.05) is 0 Å². The maximum absolute atomic E-state index is 11.1. The Morgan fingerprint density at radius 2 is 1.81 bits per heavy atom. The molecule has 124 valence electrons. The second-order valence-electron chi connectivity index (χ2n) is 4.78. The molecule has 0 aromatic rings. The highest BCUT2D eigenvalue weighted by atomic mass is 28.2. The van der Waals surface area contributed by atoms with Crippen LogP contribution in [0.15, 0.2) is 0 Å². The van der Waals surface area contributed by atoms with Crippen LogP contribution in [0.2, 0.25) is 0 Å². The number of ether oxygens (including phenoxy) is 1. The smallest absolute Gasteiger partial charge is 0.245 e. The van der Waals surface area contributed by atoms with Gasteiger partial charge >= 0.3 is 0 Å². The van der Waals surface area contributed by atoms with Crippen molar-refractivity contribution in [2.75, 3.05) is 6.61 Å². The summed E-state index contributed by atoms with van der Waals surface area (Å²) in [5, 5.41) is 66.8. The third-order valence-electron chi connectivity index (χ3n) is 3.49. The molecule has 1 rings (SSSR count). The van der Waals surface area contributed by atoms with Crippen LogP contribution in [0.4, 0.5) is 0 Å². The van der Waals surface area contributed by atoms with Gasteiger partial charge in [0.05, 0.1) is 6.61 Å². The first-order valence-electron chi connectivity index (χ1n) is 6.14. The quantitative estimate of drug-likeness (QED) is 0.183. The molecule has 0 aliphatic carbocycles. The first-order valence-corrected chi connectivity index (χ1v) is 6.96. The average molecular weight is 328 g/mol. The predicted octanol–water partition coefficient (Wildman–Crippen LogP) is -6.26. The molecule has 0 amide bonds. The van der Waals surface area contributed by atoms with E-state index in [-0.39, 0.29) is 16.8 Å². The maximum atomic E-state index is 11.1. The highest BCUT2D eigenvalue weighted by Crippen LogP contribution is 2.31. The molecule has 0 spiro atoms. The average Bonchev–Trinajstić information content (AvgIpc) is 2.51. The number of hydrogen-bond donors (Lipinski definition) is 7. The van der Waals surface area contributed by atoms with Crippen molar-refractivity contribution in [2.45, 2.75) is 48.5 Å². The minimum atomic E-state index is -2.29. The van der Waals surface area contributed by atoms with E-state index in [1.165, 1.54) is 0 Å². The Hall–Kier alpha value is -0.473. The number of carbonyl (C=O) groups is 1. The number of rotatable bonds is 6. The van der Waals surface area contributed by atoms with Crippen molar-refractivity contribution in [1.82, 2.24) is 0 Å². The Balaban J connectivity index is 3.03. The summed E-state index contributed by atoms with van der Waals surface area (Å²) < 4.78 is 9.86. The molecule has 11 heteroatoms. The Bertz CT molecular complexity index is 357. The molecule has 1 fully saturated rings. The fourth-order valence-corrected chi connectivity index (χ4v) is 2.52. The maximum Gasteiger partial charge on any atom is 0.245 e. The Morgan fingerprint density at radius 1 is 1.24 bits per heavy atom. The van der Waals surface area contributed by atoms with Gasteiger partial charge in [-0.25, -0.2) is 0 Å². The molecule has 8 unspecified atom stereocenters. The van der Waals surface area contributed by atoms with E-state index >= 15 is 0 Å². The molecule has 21 heavy (non-hydrogen) atoms. The molecule has 0 aromatic carbocycles. The molecule has 1 aliphatic heterocycles. The van der Waals surface area contributed by atoms with Gasteiger partial charge in [-0.15, -0.1) is 0 Å². The number of aliphatic hydroxyl groups is 7. The number of hydrogen-bond acceptors (Lipinski definition) is 10. The summed E-state index contributed by atoms with van der Waals surface area (Å²) in [5.74, 6) is -2.29. The molecule has 0 bridgehead atoms. The molecule has 1 heterocycles. The monoisotopic (exact) mass is 328 g/mol. The van der Waals surface area contributed by atoms with Crippen LogP contribution in [0, 0.1) is 0 Å². The Labute approximate surface area is 122 Å². The summed E-state index contributed by atoms with van der Waals surface area (Å²) in [5.41, 5.74) is 0. The second kappa shape index (κ2) is 7.19. The molecule has 0 saturated carbocycles. The second-order valence-corrected chi connectivity index (χ2v) is 5.19. The SMILES string of the molecule is O=CC1(O[SiH3])OC(C(O)C(O)C(O)CO)C(O)C(O)C1O. The van der Waals surface area contributed by atoms with E-state index in [9.17, 15) is 35.4 Å². The number of aliphatic hydroxyl groups excluding tert-OH is 7. The molecule has 10 nitrogen and oxygen atoms in total. The zero-order valence-electron chi connectivity index (χ0n) is 11.2. The minimum absolute atomic E-state index is 0.0638. The third-order valence-corrected chi connectivity index (χ3v) is 4.13. The van der Waals surface area contributed by atoms with E-state index in [0.29, 0.717) is 0 Å². The summed E-state index contributed by atoms with van der Waals surface area (Å²) >= 11 is 0. The third kappa shape index (κ3) is 3.32. The predicted molar refractivity (Wildman–Crippen MR) is 67.8 cm³/mol. The summed E-state index contributed by atoms with van der Waals surface area (Å²) in [6.45, 7) is -0.873. The van der Waals surface area contributed by atoms with Gasteiger partial charge in [-0.2, -0.15) is 0 Å². The molecule has 7 N–H and O–H groups in total. The van der Waals surface area contributed by atoms with Gasteiger partial charge in [0.25, 0.3) is 0 Å². The van der Waals surface area contributed by atoms with Crippen LogP contribution in [-0.2, 0) is 14.0 Å². The summed E-state index contributed by atoms with van der Waals surface area (Å²) in [6, 6.07) is 0. The van der Waals surface area contributed by atoms with Crippen molar-refractivity contribution in [3.05, 3.63) is 0 Å². The number of aldehydes is 1. The van der Waals surface area contributed by atoms with Crippen molar-refractivity contribution in [2.24, 2.45) is 0 Å². The van der Waals surface area contributed by atoms with Crippen LogP contribution in [0.5, 0.6) is 0 Å². The topological polar surface area (TPSA) is 177 Å². The zero-order valence-corrected chi connectivity index (χ0v) is 13.2. The lowest BCUT2D eigenvalue weighted by Gasteiger charge is -2.47. The molecule has 1 saturated heterocycles. The standard InChI is InChI=1S/C10H20O10Si/c11-1-3(13)4(14)5(15)8-6(16)7(17)9(18)10(2-12,19-8)20-21/h2-9,11,13-18H,1H2,21H3. The van der Waals surface area contributed by atoms with Gasteiger partial charge in [-0.1, -0.05) is 0 Å². The van der Waals surface area contributed by atoms with E-state index < -0.39 is 55.1 Å². The number of carbonyl (C=O) groups excluding carboxylic acids is 1. The van der Waals surface area contributed by atoms with Gasteiger partial charge in [0.1, 0.15) is 42.7 Å². The Morgan fingerprint density at radius 3 is 2.24 bits per heavy atom. The van der Waals surface area contributed by atoms with Gasteiger partial charge in [-0.3, -0.25) is 4.79 Å². The summed E-state index contributed by atoms with van der Waals surface area (Å²) in [4.78, 5) is 11.1. The van der Waals surface area contributed by atoms with Crippen molar-refractivity contribution in [3.8, 4) is 0 Å². The van der Waals surface area contributed by atoms with E-state index in [0.717, 1.165) is 0 Å². The van der Waals surface area contributed by atoms with Crippen LogP contribution >= 0.6 is 0 Å². The van der Waals surface area contributed by atoms with Crippen LogP contribution in [0.25, 0.3) is 0 Å². The first-order chi connectivity index (χ1) is 9.75. The molecular formula is C10H20O10Si. The molecule has 1 aliphatic rings. The van der Waals surface area contributed by atoms with Crippen molar-refractivity contribution >= 4 is 16.8 Å². The molecule has 0 radical (unpaired) electrons. The van der Waals surface area contributed by atoms with Gasteiger partial charge in [0.2, 0.25) is 5.79 Å². The fourth-order valence-electron chi connectivity index (χ4n) is 2.09. The summed E-state index contributed by atoms with van der Waals surface area (Å²) in [6.07, 6.45) is -12.9. The van der Waals surface area contributed by atoms with Gasteiger partial charge in [-0.05, 0) is 0 Å². The van der Waals surface area contributed by atoms with Crippen molar-refractivity contribution in [3.63, 3.8) is 0 Å². The van der Waals surface area contributed by atoms with Crippen LogP contribution in [0.3, 0.4) is 0 Å². The van der Waals surface area contributed by atoms with Crippen LogP contribution in [-0.4, -0.2) is 108 Å². The minimum Gasteiger partial charge on any atom is -0.394 e. The molecule has 0 aromatic heterocycles. The van der Waals surface area contributed by atoms with E-state index in [2.05, 4.69) is 0 Å². The lowest BCUT2D eigenvalue weighted by molar-refractivity contribution is -0.330. The summed E-state index contributed by atoms with van der Waals surface area (Å²) in [7, 11) is -0.0756. The van der Waals surface area contributed by atoms with Crippen molar-refractivity contribution in [1.29, 1.82) is 0 Å². The molecule has 8 atom stereocenters. The van der Waals surface area contributed by atoms with E-state index in [1.807, 2.05) is 0 Å². The fraction of sp³-hybridized carbons (Fsp3) is 0.900. The van der Waals surface area contributed by atoms with Gasteiger partial charge < -0.3 is 44.9 Å². The van der Waals surface area contributed by atoms with Crippen LogP contribution in [0.1, 0.15) is 0 Å². The first kappa shape index (κ1) is 18.6.